The van der Waals surface area contributed by atoms with E-state index in [1.54, 1.807) is 12.1 Å². The number of hydrogen-bond acceptors (Lipinski definition) is 3. The highest BCUT2D eigenvalue weighted by molar-refractivity contribution is 6.01. The molecule has 0 unspecified atom stereocenters. The number of hydrogen-bond donors (Lipinski definition) is 0. The second kappa shape index (κ2) is 5.99. The molecular formula is C22H17FN2O. The minimum atomic E-state index is -0.269. The van der Waals surface area contributed by atoms with Gasteiger partial charge in [0.1, 0.15) is 11.6 Å². The molecule has 26 heavy (non-hydrogen) atoms. The van der Waals surface area contributed by atoms with Crippen LogP contribution in [0.5, 0.6) is 5.75 Å². The van der Waals surface area contributed by atoms with Crippen LogP contribution in [0.15, 0.2) is 84.0 Å². The van der Waals surface area contributed by atoms with E-state index in [4.69, 9.17) is 9.84 Å². The molecule has 3 aromatic rings. The third-order valence-electron chi connectivity index (χ3n) is 4.96. The van der Waals surface area contributed by atoms with Gasteiger partial charge in [0.2, 0.25) is 6.23 Å². The molecule has 0 aliphatic carbocycles. The number of ether oxygens (including phenoxy) is 1. The maximum absolute atomic E-state index is 13.3. The van der Waals surface area contributed by atoms with Crippen LogP contribution >= 0.6 is 0 Å². The summed E-state index contributed by atoms with van der Waals surface area (Å²) in [5, 5.41) is 6.91. The number of nitrogens with zero attached hydrogens (tertiary/aromatic N) is 2. The molecule has 5 rings (SSSR count). The van der Waals surface area contributed by atoms with Crippen molar-refractivity contribution in [3.8, 4) is 5.75 Å². The Kier molecular flexibility index (Phi) is 3.49. The van der Waals surface area contributed by atoms with Crippen molar-refractivity contribution in [3.63, 3.8) is 0 Å². The SMILES string of the molecule is Fc1ccc(C2=NN3[C@H](C2)c2ccccc2O[C@@H]3c2ccccc2)cc1. The first-order chi connectivity index (χ1) is 12.8. The minimum absolute atomic E-state index is 0.116. The maximum atomic E-state index is 13.3. The number of halogens is 1. The smallest absolute Gasteiger partial charge is 0.213 e. The summed E-state index contributed by atoms with van der Waals surface area (Å²) in [5.74, 6) is 0.666. The molecule has 2 aliphatic heterocycles. The summed E-state index contributed by atoms with van der Waals surface area (Å²) in [6, 6.07) is 24.9. The maximum Gasteiger partial charge on any atom is 0.213 e. The fraction of sp³-hybridized carbons (Fsp3) is 0.136. The summed E-state index contributed by atoms with van der Waals surface area (Å²) < 4.78 is 19.6. The van der Waals surface area contributed by atoms with E-state index in [-0.39, 0.29) is 18.1 Å². The van der Waals surface area contributed by atoms with Crippen LogP contribution in [-0.2, 0) is 0 Å². The standard InChI is InChI=1S/C22H17FN2O/c23-17-12-10-15(11-13-17)19-14-20-18-8-4-5-9-21(18)26-22(25(20)24-19)16-6-2-1-3-7-16/h1-13,20,22H,14H2/t20-,22-/m1/s1. The Hall–Kier alpha value is -3.14. The molecule has 4 heteroatoms. The molecule has 0 spiro atoms. The van der Waals surface area contributed by atoms with Gasteiger partial charge in [-0.2, -0.15) is 5.10 Å². The Bertz CT molecular complexity index is 969. The molecule has 0 saturated heterocycles. The highest BCUT2D eigenvalue weighted by atomic mass is 19.1. The largest absolute Gasteiger partial charge is 0.464 e. The Morgan fingerprint density at radius 1 is 0.885 bits per heavy atom. The lowest BCUT2D eigenvalue weighted by Gasteiger charge is -2.38. The third kappa shape index (κ3) is 2.46. The van der Waals surface area contributed by atoms with Crippen molar-refractivity contribution in [1.82, 2.24) is 5.01 Å². The molecule has 3 aromatic carbocycles. The van der Waals surface area contributed by atoms with Crippen molar-refractivity contribution < 1.29 is 9.13 Å². The van der Waals surface area contributed by atoms with Gasteiger partial charge in [0.25, 0.3) is 0 Å². The van der Waals surface area contributed by atoms with Crippen molar-refractivity contribution in [3.05, 3.63) is 101 Å². The summed E-state index contributed by atoms with van der Waals surface area (Å²) in [6.45, 7) is 0. The molecule has 3 nitrogen and oxygen atoms in total. The van der Waals surface area contributed by atoms with Crippen LogP contribution in [0.25, 0.3) is 0 Å². The fourth-order valence-electron chi connectivity index (χ4n) is 3.69. The number of para-hydroxylation sites is 1. The Balaban J connectivity index is 1.59. The molecule has 128 valence electrons. The quantitative estimate of drug-likeness (QED) is 0.648. The second-order valence-electron chi connectivity index (χ2n) is 6.57. The number of rotatable bonds is 2. The zero-order valence-electron chi connectivity index (χ0n) is 14.0. The molecule has 0 amide bonds. The summed E-state index contributed by atoms with van der Waals surface area (Å²) in [4.78, 5) is 0. The second-order valence-corrected chi connectivity index (χ2v) is 6.57. The van der Waals surface area contributed by atoms with Gasteiger partial charge < -0.3 is 4.74 Å². The summed E-state index contributed by atoms with van der Waals surface area (Å²) in [7, 11) is 0. The van der Waals surface area contributed by atoms with E-state index >= 15 is 0 Å². The van der Waals surface area contributed by atoms with Crippen LogP contribution < -0.4 is 4.74 Å². The van der Waals surface area contributed by atoms with E-state index in [0.717, 1.165) is 34.6 Å². The monoisotopic (exact) mass is 344 g/mol. The molecule has 0 aromatic heterocycles. The summed E-state index contributed by atoms with van der Waals surface area (Å²) in [6.07, 6.45) is 0.504. The van der Waals surface area contributed by atoms with Gasteiger partial charge in [-0.1, -0.05) is 60.7 Å². The molecule has 0 N–H and O–H groups in total. The van der Waals surface area contributed by atoms with Crippen molar-refractivity contribution in [2.24, 2.45) is 5.10 Å². The van der Waals surface area contributed by atoms with Crippen LogP contribution in [0.4, 0.5) is 4.39 Å². The van der Waals surface area contributed by atoms with Crippen LogP contribution in [-0.4, -0.2) is 10.7 Å². The van der Waals surface area contributed by atoms with E-state index in [9.17, 15) is 4.39 Å². The Morgan fingerprint density at radius 3 is 2.42 bits per heavy atom. The van der Waals surface area contributed by atoms with Crippen molar-refractivity contribution >= 4 is 5.71 Å². The average molecular weight is 344 g/mol. The molecule has 0 radical (unpaired) electrons. The first kappa shape index (κ1) is 15.1. The van der Waals surface area contributed by atoms with Gasteiger partial charge in [-0.3, -0.25) is 0 Å². The van der Waals surface area contributed by atoms with Gasteiger partial charge in [0.15, 0.2) is 0 Å². The first-order valence-electron chi connectivity index (χ1n) is 8.72. The number of fused-ring (bicyclic) bond motifs is 3. The molecule has 0 fully saturated rings. The van der Waals surface area contributed by atoms with Crippen LogP contribution in [0, 0.1) is 5.82 Å². The van der Waals surface area contributed by atoms with E-state index in [1.165, 1.54) is 12.1 Å². The zero-order valence-corrected chi connectivity index (χ0v) is 14.0. The summed E-state index contributed by atoms with van der Waals surface area (Å²) >= 11 is 0. The van der Waals surface area contributed by atoms with E-state index in [1.807, 2.05) is 41.4 Å². The summed E-state index contributed by atoms with van der Waals surface area (Å²) in [5.41, 5.74) is 4.11. The topological polar surface area (TPSA) is 24.8 Å². The first-order valence-corrected chi connectivity index (χ1v) is 8.72. The molecule has 2 aliphatic rings. The van der Waals surface area contributed by atoms with E-state index < -0.39 is 0 Å². The van der Waals surface area contributed by atoms with Gasteiger partial charge >= 0.3 is 0 Å². The van der Waals surface area contributed by atoms with Crippen LogP contribution in [0.2, 0.25) is 0 Å². The van der Waals surface area contributed by atoms with Gasteiger partial charge in [-0.15, -0.1) is 0 Å². The zero-order chi connectivity index (χ0) is 17.5. The van der Waals surface area contributed by atoms with Crippen LogP contribution in [0.1, 0.15) is 35.4 Å². The lowest BCUT2D eigenvalue weighted by molar-refractivity contribution is -0.0190. The third-order valence-corrected chi connectivity index (χ3v) is 4.96. The average Bonchev–Trinajstić information content (AvgIpc) is 3.14. The van der Waals surface area contributed by atoms with Gasteiger partial charge in [-0.05, 0) is 23.8 Å². The normalized spacial score (nSPS) is 20.8. The van der Waals surface area contributed by atoms with Gasteiger partial charge in [0.05, 0.1) is 11.8 Å². The molecule has 0 bridgehead atoms. The van der Waals surface area contributed by atoms with E-state index in [0.29, 0.717) is 0 Å². The predicted molar refractivity (Wildman–Crippen MR) is 98.4 cm³/mol. The number of benzene rings is 3. The minimum Gasteiger partial charge on any atom is -0.464 e. The van der Waals surface area contributed by atoms with Gasteiger partial charge in [0, 0.05) is 17.5 Å². The van der Waals surface area contributed by atoms with Crippen LogP contribution in [0.3, 0.4) is 0 Å². The Labute approximate surface area is 151 Å². The fourth-order valence-corrected chi connectivity index (χ4v) is 3.69. The van der Waals surface area contributed by atoms with Gasteiger partial charge in [-0.25, -0.2) is 9.40 Å². The lowest BCUT2D eigenvalue weighted by atomic mass is 9.96. The van der Waals surface area contributed by atoms with Crippen molar-refractivity contribution in [2.45, 2.75) is 18.7 Å². The predicted octanol–water partition coefficient (Wildman–Crippen LogP) is 5.07. The highest BCUT2D eigenvalue weighted by Gasteiger charge is 2.40. The molecule has 2 heterocycles. The molecule has 0 saturated carbocycles. The van der Waals surface area contributed by atoms with Crippen molar-refractivity contribution in [1.29, 1.82) is 0 Å². The molecule has 2 atom stereocenters. The van der Waals surface area contributed by atoms with Crippen molar-refractivity contribution in [2.75, 3.05) is 0 Å². The molecular weight excluding hydrogens is 327 g/mol. The Morgan fingerprint density at radius 2 is 1.62 bits per heavy atom. The lowest BCUT2D eigenvalue weighted by Crippen LogP contribution is -2.33. The van der Waals surface area contributed by atoms with E-state index in [2.05, 4.69) is 18.2 Å². The number of hydrazone groups is 1. The highest BCUT2D eigenvalue weighted by Crippen LogP contribution is 2.47.